The quantitative estimate of drug-likeness (QED) is 0.109. The van der Waals surface area contributed by atoms with E-state index in [9.17, 15) is 32.9 Å². The van der Waals surface area contributed by atoms with Crippen LogP contribution in [0.1, 0.15) is 111 Å². The highest BCUT2D eigenvalue weighted by Crippen LogP contribution is 2.43. The number of anilines is 1. The number of fused-ring (bicyclic) bond motifs is 1. The number of nitro groups is 1. The molecule has 326 valence electrons. The molecule has 3 heterocycles. The number of piperidine rings is 2. The van der Waals surface area contributed by atoms with Crippen LogP contribution in [0.15, 0.2) is 60.7 Å². The van der Waals surface area contributed by atoms with Gasteiger partial charge in [-0.25, -0.2) is 14.8 Å². The van der Waals surface area contributed by atoms with Crippen LogP contribution in [0.4, 0.5) is 29.5 Å². The van der Waals surface area contributed by atoms with E-state index in [-0.39, 0.29) is 29.4 Å². The van der Waals surface area contributed by atoms with E-state index >= 15 is 0 Å². The topological polar surface area (TPSA) is 140 Å². The molecule has 1 aromatic heterocycles. The second kappa shape index (κ2) is 19.1. The highest BCUT2D eigenvalue weighted by Gasteiger charge is 2.35. The molecule has 2 amide bonds. The molecule has 1 aliphatic carbocycles. The van der Waals surface area contributed by atoms with Gasteiger partial charge >= 0.3 is 12.3 Å². The molecule has 15 heteroatoms. The minimum absolute atomic E-state index is 0.0376. The maximum atomic E-state index is 13.8. The first-order valence-corrected chi connectivity index (χ1v) is 21.5. The summed E-state index contributed by atoms with van der Waals surface area (Å²) in [6.07, 6.45) is 4.42. The number of carbonyl (C=O) groups excluding carboxylic acids is 2. The summed E-state index contributed by atoms with van der Waals surface area (Å²) in [5.41, 5.74) is 0.881. The fraction of sp³-hybridized carbons (Fsp3) is 0.522. The fourth-order valence-corrected chi connectivity index (χ4v) is 9.38. The first kappa shape index (κ1) is 43.6. The monoisotopic (exact) mass is 844 g/mol. The lowest BCUT2D eigenvalue weighted by Crippen LogP contribution is -2.42. The number of amides is 2. The Morgan fingerprint density at radius 3 is 2.13 bits per heavy atom. The first-order valence-electron chi connectivity index (χ1n) is 21.5. The molecule has 7 rings (SSSR count). The second-order valence-electron chi connectivity index (χ2n) is 17.0. The van der Waals surface area contributed by atoms with Crippen molar-refractivity contribution in [3.8, 4) is 5.75 Å². The van der Waals surface area contributed by atoms with Crippen molar-refractivity contribution in [3.05, 3.63) is 98.9 Å². The predicted molar refractivity (Wildman–Crippen MR) is 225 cm³/mol. The molecule has 2 saturated heterocycles. The summed E-state index contributed by atoms with van der Waals surface area (Å²) in [4.78, 5) is 50.2. The zero-order valence-electron chi connectivity index (χ0n) is 35.1. The number of ether oxygens (including phenoxy) is 2. The highest BCUT2D eigenvalue weighted by atomic mass is 19.4. The van der Waals surface area contributed by atoms with Gasteiger partial charge < -0.3 is 24.6 Å². The summed E-state index contributed by atoms with van der Waals surface area (Å²) >= 11 is 0. The summed E-state index contributed by atoms with van der Waals surface area (Å²) < 4.78 is 52.4. The van der Waals surface area contributed by atoms with Crippen LogP contribution in [-0.2, 0) is 22.3 Å². The lowest BCUT2D eigenvalue weighted by atomic mass is 9.77. The molecule has 0 spiro atoms. The van der Waals surface area contributed by atoms with Crippen LogP contribution < -0.4 is 10.1 Å². The van der Waals surface area contributed by atoms with E-state index in [1.54, 1.807) is 21.0 Å². The standard InChI is InChI=1S/C46H55F3N6O6/c1-29(36-23-37(46(47,48)49)25-38(24-36)55(58)59)50-43-40-26-39(42(60-3)27-41(40)51-30(2)52-43)34-11-13-35(14-12-34)44(56)53-19-15-31(16-20-53)9-10-32-17-21-54(22-18-32)45(57)61-28-33-7-5-4-6-8-33/h4-8,23-27,29,31-32,34-35H,9-22,28H2,1-3H3,(H,50,51,52)/t29-,34?,35?/m1/s1. The Kier molecular flexibility index (Phi) is 13.6. The Morgan fingerprint density at radius 1 is 0.885 bits per heavy atom. The predicted octanol–water partition coefficient (Wildman–Crippen LogP) is 10.4. The van der Waals surface area contributed by atoms with Crippen molar-refractivity contribution in [2.75, 3.05) is 38.6 Å². The van der Waals surface area contributed by atoms with Crippen molar-refractivity contribution < 1.29 is 37.2 Å². The normalized spacial score (nSPS) is 19.7. The van der Waals surface area contributed by atoms with E-state index in [2.05, 4.69) is 20.2 Å². The molecule has 1 saturated carbocycles. The van der Waals surface area contributed by atoms with E-state index in [1.165, 1.54) is 0 Å². The van der Waals surface area contributed by atoms with Gasteiger partial charge in [-0.05, 0) is 112 Å². The van der Waals surface area contributed by atoms with E-state index in [0.717, 1.165) is 114 Å². The Morgan fingerprint density at radius 2 is 1.52 bits per heavy atom. The largest absolute Gasteiger partial charge is 0.496 e. The molecule has 0 unspecified atom stereocenters. The molecule has 3 aliphatic rings. The zero-order chi connectivity index (χ0) is 43.3. The number of benzene rings is 3. The summed E-state index contributed by atoms with van der Waals surface area (Å²) in [5, 5.41) is 15.4. The Balaban J connectivity index is 0.904. The van der Waals surface area contributed by atoms with E-state index < -0.39 is 28.4 Å². The number of nitrogens with zero attached hydrogens (tertiary/aromatic N) is 5. The Labute approximate surface area is 354 Å². The molecule has 3 aromatic carbocycles. The number of hydrogen-bond acceptors (Lipinski definition) is 9. The minimum atomic E-state index is -4.75. The zero-order valence-corrected chi connectivity index (χ0v) is 35.1. The van der Waals surface area contributed by atoms with E-state index in [0.29, 0.717) is 52.8 Å². The summed E-state index contributed by atoms with van der Waals surface area (Å²) in [7, 11) is 1.61. The van der Waals surface area contributed by atoms with Gasteiger partial charge in [-0.1, -0.05) is 43.2 Å². The van der Waals surface area contributed by atoms with Crippen LogP contribution in [0.3, 0.4) is 0 Å². The summed E-state index contributed by atoms with van der Waals surface area (Å²) in [6.45, 7) is 6.68. The first-order chi connectivity index (χ1) is 29.2. The van der Waals surface area contributed by atoms with Gasteiger partial charge in [0, 0.05) is 55.7 Å². The summed E-state index contributed by atoms with van der Waals surface area (Å²) in [5.74, 6) is 3.03. The lowest BCUT2D eigenvalue weighted by Gasteiger charge is -2.37. The number of carbonyl (C=O) groups is 2. The van der Waals surface area contributed by atoms with Crippen LogP contribution in [0.5, 0.6) is 5.75 Å². The third kappa shape index (κ3) is 10.7. The van der Waals surface area contributed by atoms with Gasteiger partial charge in [-0.15, -0.1) is 0 Å². The van der Waals surface area contributed by atoms with Crippen molar-refractivity contribution >= 4 is 34.4 Å². The summed E-state index contributed by atoms with van der Waals surface area (Å²) in [6, 6.07) is 15.4. The number of nitro benzene ring substituents is 1. The number of aromatic nitrogens is 2. The number of nitrogens with one attached hydrogen (secondary N) is 1. The van der Waals surface area contributed by atoms with E-state index in [1.807, 2.05) is 47.4 Å². The Bertz CT molecular complexity index is 2180. The molecule has 4 aromatic rings. The molecule has 1 atom stereocenters. The molecule has 0 radical (unpaired) electrons. The second-order valence-corrected chi connectivity index (χ2v) is 17.0. The molecule has 3 fully saturated rings. The molecule has 0 bridgehead atoms. The fourth-order valence-electron chi connectivity index (χ4n) is 9.38. The van der Waals surface area contributed by atoms with Crippen molar-refractivity contribution in [3.63, 3.8) is 0 Å². The number of aryl methyl sites for hydroxylation is 1. The SMILES string of the molecule is COc1cc2nc(C)nc(N[C@H](C)c3cc([N+](=O)[O-])cc(C(F)(F)F)c3)c2cc1C1CCC(C(=O)N2CCC(CCC3CCN(C(=O)OCc4ccccc4)CC3)CC2)CC1. The third-order valence-electron chi connectivity index (χ3n) is 13.0. The molecule has 1 N–H and O–H groups in total. The minimum Gasteiger partial charge on any atom is -0.496 e. The van der Waals surface area contributed by atoms with Crippen LogP contribution in [-0.4, -0.2) is 70.0 Å². The molecular weight excluding hydrogens is 790 g/mol. The maximum Gasteiger partial charge on any atom is 0.416 e. The number of alkyl halides is 3. The lowest BCUT2D eigenvalue weighted by molar-refractivity contribution is -0.385. The smallest absolute Gasteiger partial charge is 0.416 e. The van der Waals surface area contributed by atoms with Crippen LogP contribution in [0.25, 0.3) is 10.9 Å². The van der Waals surface area contributed by atoms with Crippen LogP contribution >= 0.6 is 0 Å². The van der Waals surface area contributed by atoms with Crippen molar-refractivity contribution in [2.45, 2.75) is 103 Å². The van der Waals surface area contributed by atoms with Crippen LogP contribution in [0.2, 0.25) is 0 Å². The molecule has 2 aliphatic heterocycles. The van der Waals surface area contributed by atoms with Crippen LogP contribution in [0, 0.1) is 34.8 Å². The third-order valence-corrected chi connectivity index (χ3v) is 13.0. The van der Waals surface area contributed by atoms with Crippen molar-refractivity contribution in [1.29, 1.82) is 0 Å². The number of hydrogen-bond donors (Lipinski definition) is 1. The van der Waals surface area contributed by atoms with Crippen molar-refractivity contribution in [1.82, 2.24) is 19.8 Å². The number of halogens is 3. The van der Waals surface area contributed by atoms with E-state index in [4.69, 9.17) is 9.47 Å². The molecule has 12 nitrogen and oxygen atoms in total. The van der Waals surface area contributed by atoms with Gasteiger partial charge in [0.05, 0.1) is 29.2 Å². The number of methoxy groups -OCH3 is 1. The molecule has 61 heavy (non-hydrogen) atoms. The van der Waals surface area contributed by atoms with Crippen molar-refractivity contribution in [2.24, 2.45) is 17.8 Å². The number of likely N-dealkylation sites (tertiary alicyclic amines) is 2. The maximum absolute atomic E-state index is 13.8. The average Bonchev–Trinajstić information content (AvgIpc) is 3.27. The average molecular weight is 845 g/mol. The van der Waals surface area contributed by atoms with Gasteiger partial charge in [0.25, 0.3) is 5.69 Å². The van der Waals surface area contributed by atoms with Gasteiger partial charge in [0.1, 0.15) is 24.0 Å². The van der Waals surface area contributed by atoms with Gasteiger partial charge in [0.15, 0.2) is 0 Å². The van der Waals surface area contributed by atoms with Gasteiger partial charge in [-0.3, -0.25) is 14.9 Å². The number of rotatable bonds is 12. The van der Waals surface area contributed by atoms with Gasteiger partial charge in [-0.2, -0.15) is 13.2 Å². The number of non-ortho nitro benzene ring substituents is 1. The highest BCUT2D eigenvalue weighted by molar-refractivity contribution is 5.91. The molecular formula is C46H55F3N6O6. The Hall–Kier alpha value is -5.47. The van der Waals surface area contributed by atoms with Gasteiger partial charge in [0.2, 0.25) is 5.91 Å².